The van der Waals surface area contributed by atoms with Crippen LogP contribution in [0.15, 0.2) is 27.6 Å². The molecule has 0 spiro atoms. The lowest BCUT2D eigenvalue weighted by molar-refractivity contribution is -0.121. The van der Waals surface area contributed by atoms with Crippen LogP contribution in [0.3, 0.4) is 0 Å². The topological polar surface area (TPSA) is 66.4 Å². The fraction of sp³-hybridized carbons (Fsp3) is 0.385. The Morgan fingerprint density at radius 3 is 2.68 bits per heavy atom. The van der Waals surface area contributed by atoms with Crippen LogP contribution < -0.4 is 5.32 Å². The highest BCUT2D eigenvalue weighted by atomic mass is 79.9. The quantitative estimate of drug-likeness (QED) is 0.777. The van der Waals surface area contributed by atoms with Gasteiger partial charge in [-0.3, -0.25) is 4.79 Å². The second-order valence-electron chi connectivity index (χ2n) is 4.27. The number of amides is 1. The van der Waals surface area contributed by atoms with Gasteiger partial charge in [0.25, 0.3) is 0 Å². The lowest BCUT2D eigenvalue weighted by Gasteiger charge is -2.08. The molecule has 6 heteroatoms. The van der Waals surface area contributed by atoms with Crippen molar-refractivity contribution in [3.8, 4) is 0 Å². The largest absolute Gasteiger partial charge is 0.478 e. The molecule has 0 aromatic heterocycles. The Kier molecular flexibility index (Phi) is 6.37. The minimum atomic E-state index is -0.966. The highest BCUT2D eigenvalue weighted by molar-refractivity contribution is 9.10. The minimum Gasteiger partial charge on any atom is -0.478 e. The molecule has 0 bridgehead atoms. The van der Waals surface area contributed by atoms with E-state index in [2.05, 4.69) is 21.2 Å². The standard InChI is InChI=1S/C13H16BrNO3S/c1-8(2)15-12(16)5-6-19-9-3-4-11(14)10(7-9)13(17)18/h3-4,7-8H,5-6H2,1-2H3,(H,15,16)(H,17,18). The van der Waals surface area contributed by atoms with Crippen LogP contribution in [0.2, 0.25) is 0 Å². The second kappa shape index (κ2) is 7.55. The van der Waals surface area contributed by atoms with Crippen LogP contribution in [0.5, 0.6) is 0 Å². The van der Waals surface area contributed by atoms with E-state index in [4.69, 9.17) is 5.11 Å². The molecule has 2 N–H and O–H groups in total. The van der Waals surface area contributed by atoms with E-state index < -0.39 is 5.97 Å². The van der Waals surface area contributed by atoms with Crippen molar-refractivity contribution in [3.05, 3.63) is 28.2 Å². The lowest BCUT2D eigenvalue weighted by atomic mass is 10.2. The fourth-order valence-electron chi connectivity index (χ4n) is 1.41. The number of nitrogens with one attached hydrogen (secondary N) is 1. The van der Waals surface area contributed by atoms with Gasteiger partial charge in [0, 0.05) is 27.6 Å². The molecule has 0 heterocycles. The number of carbonyl (C=O) groups is 2. The molecule has 0 unspecified atom stereocenters. The van der Waals surface area contributed by atoms with Gasteiger partial charge in [0.05, 0.1) is 5.56 Å². The number of carboxylic acid groups (broad SMARTS) is 1. The first-order valence-corrected chi connectivity index (χ1v) is 7.63. The summed E-state index contributed by atoms with van der Waals surface area (Å²) in [6, 6.07) is 5.29. The average molecular weight is 346 g/mol. The normalized spacial score (nSPS) is 10.5. The fourth-order valence-corrected chi connectivity index (χ4v) is 2.72. The number of carbonyl (C=O) groups excluding carboxylic acids is 1. The summed E-state index contributed by atoms with van der Waals surface area (Å²) in [7, 11) is 0. The molecule has 1 aromatic rings. The Morgan fingerprint density at radius 1 is 1.42 bits per heavy atom. The highest BCUT2D eigenvalue weighted by Gasteiger charge is 2.10. The summed E-state index contributed by atoms with van der Waals surface area (Å²) in [4.78, 5) is 23.3. The van der Waals surface area contributed by atoms with E-state index in [1.807, 2.05) is 19.9 Å². The van der Waals surface area contributed by atoms with Gasteiger partial charge in [-0.1, -0.05) is 0 Å². The second-order valence-corrected chi connectivity index (χ2v) is 6.29. The molecule has 0 radical (unpaired) electrons. The van der Waals surface area contributed by atoms with E-state index >= 15 is 0 Å². The summed E-state index contributed by atoms with van der Waals surface area (Å²) in [5, 5.41) is 11.8. The summed E-state index contributed by atoms with van der Waals surface area (Å²) in [6.45, 7) is 3.83. The van der Waals surface area contributed by atoms with Crippen LogP contribution in [0.25, 0.3) is 0 Å². The van der Waals surface area contributed by atoms with E-state index in [1.165, 1.54) is 11.8 Å². The molecule has 0 fully saturated rings. The van der Waals surface area contributed by atoms with Crippen molar-refractivity contribution in [2.24, 2.45) is 0 Å². The average Bonchev–Trinajstić information content (AvgIpc) is 2.30. The number of aromatic carboxylic acids is 1. The van der Waals surface area contributed by atoms with Gasteiger partial charge in [-0.25, -0.2) is 4.79 Å². The molecule has 0 saturated carbocycles. The van der Waals surface area contributed by atoms with Gasteiger partial charge < -0.3 is 10.4 Å². The lowest BCUT2D eigenvalue weighted by Crippen LogP contribution is -2.30. The number of halogens is 1. The van der Waals surface area contributed by atoms with Crippen molar-refractivity contribution in [2.45, 2.75) is 31.2 Å². The smallest absolute Gasteiger partial charge is 0.336 e. The summed E-state index contributed by atoms with van der Waals surface area (Å²) in [5.41, 5.74) is 0.233. The van der Waals surface area contributed by atoms with Crippen molar-refractivity contribution in [3.63, 3.8) is 0 Å². The predicted molar refractivity (Wildman–Crippen MR) is 79.7 cm³/mol. The minimum absolute atomic E-state index is 0.0121. The molecular weight excluding hydrogens is 330 g/mol. The van der Waals surface area contributed by atoms with Gasteiger partial charge >= 0.3 is 5.97 Å². The van der Waals surface area contributed by atoms with E-state index in [0.29, 0.717) is 16.6 Å². The van der Waals surface area contributed by atoms with Crippen LogP contribution in [0.4, 0.5) is 0 Å². The zero-order valence-corrected chi connectivity index (χ0v) is 13.2. The van der Waals surface area contributed by atoms with Gasteiger partial charge in [0.1, 0.15) is 0 Å². The third kappa shape index (κ3) is 5.65. The van der Waals surface area contributed by atoms with Crippen LogP contribution in [-0.4, -0.2) is 28.8 Å². The molecule has 0 atom stereocenters. The van der Waals surface area contributed by atoms with E-state index in [-0.39, 0.29) is 17.5 Å². The molecule has 0 aliphatic heterocycles. The van der Waals surface area contributed by atoms with Gasteiger partial charge in [-0.2, -0.15) is 0 Å². The Morgan fingerprint density at radius 2 is 2.11 bits per heavy atom. The molecule has 104 valence electrons. The van der Waals surface area contributed by atoms with Gasteiger partial charge in [0.15, 0.2) is 0 Å². The molecule has 1 aromatic carbocycles. The Labute approximate surface area is 125 Å². The Bertz CT molecular complexity index is 477. The molecular formula is C13H16BrNO3S. The summed E-state index contributed by atoms with van der Waals surface area (Å²) < 4.78 is 0.557. The van der Waals surface area contributed by atoms with Crippen LogP contribution in [-0.2, 0) is 4.79 Å². The predicted octanol–water partition coefficient (Wildman–Crippen LogP) is 3.15. The first-order valence-electron chi connectivity index (χ1n) is 5.85. The van der Waals surface area contributed by atoms with Crippen molar-refractivity contribution >= 4 is 39.6 Å². The molecule has 0 aliphatic carbocycles. The zero-order valence-electron chi connectivity index (χ0n) is 10.8. The van der Waals surface area contributed by atoms with Crippen LogP contribution in [0.1, 0.15) is 30.6 Å². The van der Waals surface area contributed by atoms with Crippen molar-refractivity contribution in [1.82, 2.24) is 5.32 Å². The molecule has 0 aliphatic rings. The van der Waals surface area contributed by atoms with Gasteiger partial charge in [-0.05, 0) is 48.0 Å². The summed E-state index contributed by atoms with van der Waals surface area (Å²) >= 11 is 4.67. The first kappa shape index (κ1) is 16.0. The van der Waals surface area contributed by atoms with Crippen LogP contribution in [0, 0.1) is 0 Å². The van der Waals surface area contributed by atoms with Crippen molar-refractivity contribution < 1.29 is 14.7 Å². The number of benzene rings is 1. The maximum absolute atomic E-state index is 11.4. The molecule has 4 nitrogen and oxygen atoms in total. The van der Waals surface area contributed by atoms with E-state index in [9.17, 15) is 9.59 Å². The van der Waals surface area contributed by atoms with Gasteiger partial charge in [-0.15, -0.1) is 11.8 Å². The Balaban J connectivity index is 2.52. The number of hydrogen-bond donors (Lipinski definition) is 2. The zero-order chi connectivity index (χ0) is 14.4. The number of rotatable bonds is 6. The third-order valence-corrected chi connectivity index (χ3v) is 3.90. The maximum atomic E-state index is 11.4. The number of hydrogen-bond acceptors (Lipinski definition) is 3. The number of carboxylic acids is 1. The SMILES string of the molecule is CC(C)NC(=O)CCSc1ccc(Br)c(C(=O)O)c1. The summed E-state index contributed by atoms with van der Waals surface area (Å²) in [6.07, 6.45) is 0.418. The molecule has 19 heavy (non-hydrogen) atoms. The third-order valence-electron chi connectivity index (χ3n) is 2.22. The monoisotopic (exact) mass is 345 g/mol. The van der Waals surface area contributed by atoms with Crippen molar-refractivity contribution in [2.75, 3.05) is 5.75 Å². The Hall–Kier alpha value is -1.01. The van der Waals surface area contributed by atoms with Gasteiger partial charge in [0.2, 0.25) is 5.91 Å². The number of thioether (sulfide) groups is 1. The molecule has 0 saturated heterocycles. The molecule has 1 amide bonds. The highest BCUT2D eigenvalue weighted by Crippen LogP contribution is 2.25. The van der Waals surface area contributed by atoms with Crippen molar-refractivity contribution in [1.29, 1.82) is 0 Å². The van der Waals surface area contributed by atoms with Crippen LogP contribution >= 0.6 is 27.7 Å². The molecule has 1 rings (SSSR count). The van der Waals surface area contributed by atoms with E-state index in [0.717, 1.165) is 4.90 Å². The maximum Gasteiger partial charge on any atom is 0.336 e. The first-order chi connectivity index (χ1) is 8.90. The van der Waals surface area contributed by atoms with E-state index in [1.54, 1.807) is 12.1 Å². The summed E-state index contributed by atoms with van der Waals surface area (Å²) in [5.74, 6) is -0.330.